The molecule has 16 heavy (non-hydrogen) atoms. The van der Waals surface area contributed by atoms with Crippen LogP contribution >= 0.6 is 0 Å². The van der Waals surface area contributed by atoms with Gasteiger partial charge in [-0.05, 0) is 12.0 Å². The molecule has 0 aliphatic heterocycles. The van der Waals surface area contributed by atoms with Crippen LogP contribution in [-0.2, 0) is 22.4 Å². The molecule has 6 heteroatoms. The molecule has 1 amide bonds. The minimum Gasteiger partial charge on any atom is -0.755 e. The molecule has 0 spiro atoms. The van der Waals surface area contributed by atoms with Crippen LogP contribution in [0, 0.1) is 0 Å². The van der Waals surface area contributed by atoms with Crippen LogP contribution in [0.1, 0.15) is 5.56 Å². The molecule has 1 rings (SSSR count). The Morgan fingerprint density at radius 3 is 2.56 bits per heavy atom. The van der Waals surface area contributed by atoms with Gasteiger partial charge in [-0.1, -0.05) is 30.3 Å². The third-order valence-electron chi connectivity index (χ3n) is 2.00. The maximum atomic E-state index is 11.1. The zero-order valence-electron chi connectivity index (χ0n) is 8.79. The zero-order valence-corrected chi connectivity index (χ0v) is 9.61. The second kappa shape index (κ2) is 6.24. The van der Waals surface area contributed by atoms with Crippen molar-refractivity contribution in [1.82, 2.24) is 4.31 Å². The summed E-state index contributed by atoms with van der Waals surface area (Å²) < 4.78 is 26.5. The van der Waals surface area contributed by atoms with Crippen LogP contribution in [0.5, 0.6) is 0 Å². The number of ether oxygens (including phenoxy) is 1. The van der Waals surface area contributed by atoms with Gasteiger partial charge in [0.2, 0.25) is 0 Å². The van der Waals surface area contributed by atoms with Gasteiger partial charge in [-0.15, -0.1) is 0 Å². The van der Waals surface area contributed by atoms with Crippen LogP contribution in [0.2, 0.25) is 0 Å². The van der Waals surface area contributed by atoms with Crippen molar-refractivity contribution in [3.8, 4) is 0 Å². The van der Waals surface area contributed by atoms with Crippen LogP contribution in [0.3, 0.4) is 0 Å². The topological polar surface area (TPSA) is 69.7 Å². The first-order valence-electron chi connectivity index (χ1n) is 4.64. The van der Waals surface area contributed by atoms with Gasteiger partial charge in [0.1, 0.15) is 0 Å². The fourth-order valence-corrected chi connectivity index (χ4v) is 1.64. The Morgan fingerprint density at radius 1 is 1.44 bits per heavy atom. The second-order valence-corrected chi connectivity index (χ2v) is 3.90. The summed E-state index contributed by atoms with van der Waals surface area (Å²) in [7, 11) is 1.14. The van der Waals surface area contributed by atoms with Crippen molar-refractivity contribution in [3.63, 3.8) is 0 Å². The lowest BCUT2D eigenvalue weighted by molar-refractivity contribution is 0.148. The quantitative estimate of drug-likeness (QED) is 0.741. The van der Waals surface area contributed by atoms with Crippen molar-refractivity contribution in [2.75, 3.05) is 13.7 Å². The van der Waals surface area contributed by atoms with Gasteiger partial charge in [-0.3, -0.25) is 4.21 Å². The summed E-state index contributed by atoms with van der Waals surface area (Å²) in [5.41, 5.74) is 0.960. The minimum atomic E-state index is -2.60. The summed E-state index contributed by atoms with van der Waals surface area (Å²) in [6, 6.07) is 9.30. The summed E-state index contributed by atoms with van der Waals surface area (Å²) in [4.78, 5) is 11.1. The number of benzene rings is 1. The molecule has 0 radical (unpaired) electrons. The number of rotatable bonds is 4. The molecular formula is C10H12NO4S-. The van der Waals surface area contributed by atoms with Gasteiger partial charge in [0.05, 0.1) is 18.4 Å². The highest BCUT2D eigenvalue weighted by Gasteiger charge is 2.13. The molecular weight excluding hydrogens is 230 g/mol. The lowest BCUT2D eigenvalue weighted by Crippen LogP contribution is -2.34. The molecule has 0 saturated heterocycles. The van der Waals surface area contributed by atoms with Crippen molar-refractivity contribution < 1.29 is 18.3 Å². The van der Waals surface area contributed by atoms with Crippen molar-refractivity contribution in [2.24, 2.45) is 0 Å². The molecule has 0 bridgehead atoms. The van der Waals surface area contributed by atoms with Gasteiger partial charge in [-0.25, -0.2) is 9.10 Å². The molecule has 0 aliphatic rings. The molecule has 0 heterocycles. The lowest BCUT2D eigenvalue weighted by atomic mass is 10.1. The maximum absolute atomic E-state index is 11.1. The predicted molar refractivity (Wildman–Crippen MR) is 58.2 cm³/mol. The molecule has 0 aliphatic carbocycles. The van der Waals surface area contributed by atoms with E-state index in [1.165, 1.54) is 0 Å². The average molecular weight is 242 g/mol. The van der Waals surface area contributed by atoms with E-state index in [2.05, 4.69) is 4.74 Å². The van der Waals surface area contributed by atoms with Gasteiger partial charge in [-0.2, -0.15) is 0 Å². The Morgan fingerprint density at radius 2 is 2.06 bits per heavy atom. The monoisotopic (exact) mass is 242 g/mol. The van der Waals surface area contributed by atoms with Crippen LogP contribution in [0.15, 0.2) is 30.3 Å². The van der Waals surface area contributed by atoms with Gasteiger partial charge < -0.3 is 9.29 Å². The Balaban J connectivity index is 2.57. The largest absolute Gasteiger partial charge is 0.755 e. The van der Waals surface area contributed by atoms with E-state index in [1.54, 1.807) is 0 Å². The lowest BCUT2D eigenvalue weighted by Gasteiger charge is -2.22. The molecule has 0 N–H and O–H groups in total. The third-order valence-corrected chi connectivity index (χ3v) is 2.70. The standard InChI is InChI=1S/C10H13NO4S/c1-15-10(12)11(16(13)14)8-7-9-5-3-2-4-6-9/h2-6H,7-8H2,1H3,(H,13,14)/p-1. The molecule has 0 saturated carbocycles. The molecule has 1 aromatic rings. The summed E-state index contributed by atoms with van der Waals surface area (Å²) in [6.45, 7) is 0.0762. The van der Waals surface area contributed by atoms with Crippen LogP contribution in [0.25, 0.3) is 0 Å². The van der Waals surface area contributed by atoms with E-state index < -0.39 is 17.4 Å². The van der Waals surface area contributed by atoms with Crippen molar-refractivity contribution in [2.45, 2.75) is 6.42 Å². The summed E-state index contributed by atoms with van der Waals surface area (Å²) >= 11 is -2.60. The van der Waals surface area contributed by atoms with E-state index in [4.69, 9.17) is 0 Å². The SMILES string of the molecule is COC(=O)N(CCc1ccccc1)S(=O)[O-]. The summed E-state index contributed by atoms with van der Waals surface area (Å²) in [5.74, 6) is 0. The first-order valence-corrected chi connectivity index (χ1v) is 5.67. The van der Waals surface area contributed by atoms with E-state index in [1.807, 2.05) is 30.3 Å². The smallest absolute Gasteiger partial charge is 0.420 e. The molecule has 0 aromatic heterocycles. The average Bonchev–Trinajstić information content (AvgIpc) is 2.30. The van der Waals surface area contributed by atoms with E-state index in [-0.39, 0.29) is 6.54 Å². The molecule has 88 valence electrons. The molecule has 1 aromatic carbocycles. The van der Waals surface area contributed by atoms with Crippen LogP contribution < -0.4 is 0 Å². The van der Waals surface area contributed by atoms with Crippen LogP contribution in [0.4, 0.5) is 4.79 Å². The third kappa shape index (κ3) is 3.63. The van der Waals surface area contributed by atoms with E-state index >= 15 is 0 Å². The van der Waals surface area contributed by atoms with Gasteiger partial charge in [0.15, 0.2) is 0 Å². The highest BCUT2D eigenvalue weighted by molar-refractivity contribution is 7.77. The number of carbonyl (C=O) groups is 1. The number of carbonyl (C=O) groups excluding carboxylic acids is 1. The van der Waals surface area contributed by atoms with Gasteiger partial charge >= 0.3 is 6.09 Å². The van der Waals surface area contributed by atoms with Crippen molar-refractivity contribution >= 4 is 17.4 Å². The number of methoxy groups -OCH3 is 1. The predicted octanol–water partition coefficient (Wildman–Crippen LogP) is 1.09. The van der Waals surface area contributed by atoms with Crippen LogP contribution in [-0.4, -0.2) is 32.8 Å². The van der Waals surface area contributed by atoms with Gasteiger partial charge in [0, 0.05) is 6.54 Å². The normalized spacial score (nSPS) is 11.9. The van der Waals surface area contributed by atoms with E-state index in [0.717, 1.165) is 12.7 Å². The van der Waals surface area contributed by atoms with Crippen molar-refractivity contribution in [1.29, 1.82) is 0 Å². The Bertz CT molecular complexity index is 368. The zero-order chi connectivity index (χ0) is 12.0. The Labute approximate surface area is 96.4 Å². The highest BCUT2D eigenvalue weighted by Crippen LogP contribution is 2.03. The Kier molecular flexibility index (Phi) is 4.94. The molecule has 1 unspecified atom stereocenters. The molecule has 0 fully saturated rings. The Hall–Kier alpha value is -1.40. The van der Waals surface area contributed by atoms with Gasteiger partial charge in [0.25, 0.3) is 0 Å². The van der Waals surface area contributed by atoms with Crippen molar-refractivity contribution in [3.05, 3.63) is 35.9 Å². The molecule has 5 nitrogen and oxygen atoms in total. The van der Waals surface area contributed by atoms with E-state index in [9.17, 15) is 13.6 Å². The highest BCUT2D eigenvalue weighted by atomic mass is 32.2. The molecule has 1 atom stereocenters. The maximum Gasteiger partial charge on any atom is 0.420 e. The number of amides is 1. The number of hydrogen-bond donors (Lipinski definition) is 0. The second-order valence-electron chi connectivity index (χ2n) is 3.02. The fraction of sp³-hybridized carbons (Fsp3) is 0.300. The fourth-order valence-electron chi connectivity index (χ4n) is 1.20. The summed E-state index contributed by atoms with van der Waals surface area (Å²) in [6.07, 6.45) is -0.409. The number of nitrogens with zero attached hydrogens (tertiary/aromatic N) is 1. The summed E-state index contributed by atoms with van der Waals surface area (Å²) in [5, 5.41) is 0. The number of hydrogen-bond acceptors (Lipinski definition) is 4. The van der Waals surface area contributed by atoms with E-state index in [0.29, 0.717) is 10.7 Å². The first-order chi connectivity index (χ1) is 7.65. The first kappa shape index (κ1) is 12.7. The minimum absolute atomic E-state index is 0.0762.